The lowest BCUT2D eigenvalue weighted by molar-refractivity contribution is 0.0911. The highest BCUT2D eigenvalue weighted by Crippen LogP contribution is 2.15. The Labute approximate surface area is 166 Å². The van der Waals surface area contributed by atoms with Crippen molar-refractivity contribution < 1.29 is 4.79 Å². The van der Waals surface area contributed by atoms with Crippen LogP contribution < -0.4 is 5.32 Å². The molecule has 1 N–H and O–H groups in total. The summed E-state index contributed by atoms with van der Waals surface area (Å²) in [6.07, 6.45) is 4.17. The van der Waals surface area contributed by atoms with Crippen molar-refractivity contribution in [3.63, 3.8) is 0 Å². The molecule has 0 radical (unpaired) electrons. The molecule has 0 spiro atoms. The van der Waals surface area contributed by atoms with E-state index in [1.165, 1.54) is 11.1 Å². The predicted molar refractivity (Wildman–Crippen MR) is 113 cm³/mol. The molecule has 3 aromatic rings. The first-order chi connectivity index (χ1) is 13.8. The van der Waals surface area contributed by atoms with E-state index in [0.717, 1.165) is 56.4 Å². The van der Waals surface area contributed by atoms with Crippen molar-refractivity contribution in [1.82, 2.24) is 15.2 Å². The van der Waals surface area contributed by atoms with Gasteiger partial charge < -0.3 is 10.2 Å². The first-order valence-corrected chi connectivity index (χ1v) is 10.2. The molecular formula is C24H27N3O. The van der Waals surface area contributed by atoms with Gasteiger partial charge in [-0.1, -0.05) is 42.5 Å². The molecule has 0 unspecified atom stereocenters. The Balaban J connectivity index is 1.19. The molecule has 0 aliphatic carbocycles. The summed E-state index contributed by atoms with van der Waals surface area (Å²) in [6, 6.07) is 22.3. The van der Waals surface area contributed by atoms with Gasteiger partial charge in [-0.3, -0.25) is 9.78 Å². The molecule has 2 heterocycles. The summed E-state index contributed by atoms with van der Waals surface area (Å²) in [7, 11) is 0. The van der Waals surface area contributed by atoms with Crippen molar-refractivity contribution in [2.75, 3.05) is 19.6 Å². The fraction of sp³-hybridized carbons (Fsp3) is 0.333. The summed E-state index contributed by atoms with van der Waals surface area (Å²) in [4.78, 5) is 19.6. The van der Waals surface area contributed by atoms with Gasteiger partial charge in [0.05, 0.1) is 5.52 Å². The van der Waals surface area contributed by atoms with Crippen LogP contribution in [0.3, 0.4) is 0 Å². The highest BCUT2D eigenvalue weighted by atomic mass is 16.1. The van der Waals surface area contributed by atoms with Crippen LogP contribution >= 0.6 is 0 Å². The molecule has 28 heavy (non-hydrogen) atoms. The number of nitrogens with zero attached hydrogens (tertiary/aromatic N) is 2. The van der Waals surface area contributed by atoms with Gasteiger partial charge in [-0.2, -0.15) is 0 Å². The minimum Gasteiger partial charge on any atom is -0.349 e. The van der Waals surface area contributed by atoms with Gasteiger partial charge in [0.1, 0.15) is 0 Å². The number of piperidine rings is 1. The normalized spacial score (nSPS) is 15.6. The number of hydrogen-bond donors (Lipinski definition) is 1. The first-order valence-electron chi connectivity index (χ1n) is 10.2. The van der Waals surface area contributed by atoms with Crippen LogP contribution in [0.1, 0.15) is 35.3 Å². The highest BCUT2D eigenvalue weighted by molar-refractivity contribution is 5.94. The number of rotatable bonds is 6. The van der Waals surface area contributed by atoms with Crippen LogP contribution in [0.5, 0.6) is 0 Å². The first kappa shape index (κ1) is 18.6. The van der Waals surface area contributed by atoms with E-state index in [1.54, 1.807) is 0 Å². The number of aromatic nitrogens is 1. The minimum atomic E-state index is 0.0430. The van der Waals surface area contributed by atoms with E-state index in [-0.39, 0.29) is 11.9 Å². The Morgan fingerprint density at radius 1 is 0.964 bits per heavy atom. The zero-order valence-electron chi connectivity index (χ0n) is 16.2. The van der Waals surface area contributed by atoms with E-state index < -0.39 is 0 Å². The topological polar surface area (TPSA) is 45.2 Å². The van der Waals surface area contributed by atoms with E-state index in [0.29, 0.717) is 0 Å². The number of carbonyl (C=O) groups is 1. The number of pyridine rings is 1. The molecule has 0 saturated carbocycles. The van der Waals surface area contributed by atoms with Gasteiger partial charge >= 0.3 is 0 Å². The lowest BCUT2D eigenvalue weighted by Crippen LogP contribution is -2.44. The molecule has 1 amide bonds. The second kappa shape index (κ2) is 8.98. The zero-order chi connectivity index (χ0) is 19.2. The lowest BCUT2D eigenvalue weighted by Gasteiger charge is -2.32. The molecule has 1 saturated heterocycles. The van der Waals surface area contributed by atoms with Crippen molar-refractivity contribution in [3.8, 4) is 0 Å². The van der Waals surface area contributed by atoms with Crippen LogP contribution in [-0.2, 0) is 6.42 Å². The maximum Gasteiger partial charge on any atom is 0.251 e. The fourth-order valence-electron chi connectivity index (χ4n) is 3.89. The van der Waals surface area contributed by atoms with Gasteiger partial charge in [0.2, 0.25) is 0 Å². The van der Waals surface area contributed by atoms with Crippen LogP contribution in [0.15, 0.2) is 66.7 Å². The molecular weight excluding hydrogens is 346 g/mol. The summed E-state index contributed by atoms with van der Waals surface area (Å²) in [5.74, 6) is 0.0430. The predicted octanol–water partition coefficient (Wildman–Crippen LogP) is 4.06. The number of carbonyl (C=O) groups excluding carboxylic acids is 1. The second-order valence-corrected chi connectivity index (χ2v) is 7.55. The molecule has 4 heteroatoms. The largest absolute Gasteiger partial charge is 0.349 e. The van der Waals surface area contributed by atoms with Gasteiger partial charge in [-0.25, -0.2) is 0 Å². The van der Waals surface area contributed by atoms with Gasteiger partial charge in [-0.05, 0) is 56.5 Å². The summed E-state index contributed by atoms with van der Waals surface area (Å²) >= 11 is 0. The van der Waals surface area contributed by atoms with E-state index in [2.05, 4.69) is 40.5 Å². The van der Waals surface area contributed by atoms with Crippen molar-refractivity contribution >= 4 is 16.8 Å². The molecule has 1 fully saturated rings. The highest BCUT2D eigenvalue weighted by Gasteiger charge is 2.20. The quantitative estimate of drug-likeness (QED) is 0.709. The molecule has 0 atom stereocenters. The number of fused-ring (bicyclic) bond motifs is 1. The van der Waals surface area contributed by atoms with E-state index in [9.17, 15) is 4.79 Å². The average Bonchev–Trinajstić information content (AvgIpc) is 2.75. The number of aryl methyl sites for hydroxylation is 1. The van der Waals surface area contributed by atoms with Crippen LogP contribution in [0.4, 0.5) is 0 Å². The van der Waals surface area contributed by atoms with Gasteiger partial charge in [0, 0.05) is 35.8 Å². The van der Waals surface area contributed by atoms with Crippen LogP contribution in [0.2, 0.25) is 0 Å². The average molecular weight is 374 g/mol. The summed E-state index contributed by atoms with van der Waals surface area (Å²) in [5.41, 5.74) is 2.99. The number of likely N-dealkylation sites (tertiary alicyclic amines) is 1. The third-order valence-electron chi connectivity index (χ3n) is 5.52. The molecule has 4 rings (SSSR count). The Morgan fingerprint density at radius 2 is 1.71 bits per heavy atom. The van der Waals surface area contributed by atoms with Gasteiger partial charge in [-0.15, -0.1) is 0 Å². The standard InChI is InChI=1S/C24H27N3O/c28-24(20-8-2-1-3-9-20)26-22-14-17-27(18-15-22)16-6-10-21-13-12-19-7-4-5-11-23(19)25-21/h1-5,7-9,11-13,22H,6,10,14-18H2,(H,26,28). The Morgan fingerprint density at radius 3 is 2.54 bits per heavy atom. The number of nitrogens with one attached hydrogen (secondary N) is 1. The maximum atomic E-state index is 12.3. The summed E-state index contributed by atoms with van der Waals surface area (Å²) in [6.45, 7) is 3.18. The number of hydrogen-bond acceptors (Lipinski definition) is 3. The van der Waals surface area contributed by atoms with E-state index in [4.69, 9.17) is 4.98 Å². The van der Waals surface area contributed by atoms with Crippen LogP contribution in [0.25, 0.3) is 10.9 Å². The smallest absolute Gasteiger partial charge is 0.251 e. The molecule has 144 valence electrons. The van der Waals surface area contributed by atoms with Crippen molar-refractivity contribution in [2.24, 2.45) is 0 Å². The van der Waals surface area contributed by atoms with Crippen molar-refractivity contribution in [2.45, 2.75) is 31.7 Å². The second-order valence-electron chi connectivity index (χ2n) is 7.55. The number of para-hydroxylation sites is 1. The maximum absolute atomic E-state index is 12.3. The van der Waals surface area contributed by atoms with E-state index >= 15 is 0 Å². The zero-order valence-corrected chi connectivity index (χ0v) is 16.2. The van der Waals surface area contributed by atoms with Crippen molar-refractivity contribution in [1.29, 1.82) is 0 Å². The molecule has 0 bridgehead atoms. The molecule has 1 aliphatic rings. The van der Waals surface area contributed by atoms with Gasteiger partial charge in [0.15, 0.2) is 0 Å². The van der Waals surface area contributed by atoms with Gasteiger partial charge in [0.25, 0.3) is 5.91 Å². The Hall–Kier alpha value is -2.72. The van der Waals surface area contributed by atoms with Crippen molar-refractivity contribution in [3.05, 3.63) is 78.0 Å². The summed E-state index contributed by atoms with van der Waals surface area (Å²) in [5, 5.41) is 4.38. The third-order valence-corrected chi connectivity index (χ3v) is 5.52. The third kappa shape index (κ3) is 4.76. The molecule has 4 nitrogen and oxygen atoms in total. The number of amides is 1. The molecule has 1 aromatic heterocycles. The minimum absolute atomic E-state index is 0.0430. The fourth-order valence-corrected chi connectivity index (χ4v) is 3.89. The monoisotopic (exact) mass is 373 g/mol. The summed E-state index contributed by atoms with van der Waals surface area (Å²) < 4.78 is 0. The van der Waals surface area contributed by atoms with Crippen LogP contribution in [-0.4, -0.2) is 41.5 Å². The van der Waals surface area contributed by atoms with E-state index in [1.807, 2.05) is 36.4 Å². The molecule has 1 aliphatic heterocycles. The Kier molecular flexibility index (Phi) is 5.98. The molecule has 2 aromatic carbocycles. The van der Waals surface area contributed by atoms with Crippen LogP contribution in [0, 0.1) is 0 Å². The lowest BCUT2D eigenvalue weighted by atomic mass is 10.0. The number of benzene rings is 2. The Bertz CT molecular complexity index is 917. The SMILES string of the molecule is O=C(NC1CCN(CCCc2ccc3ccccc3n2)CC1)c1ccccc1.